The van der Waals surface area contributed by atoms with Crippen molar-refractivity contribution in [2.75, 3.05) is 16.3 Å². The van der Waals surface area contributed by atoms with Gasteiger partial charge in [-0.2, -0.15) is 0 Å². The summed E-state index contributed by atoms with van der Waals surface area (Å²) in [6.45, 7) is 2.01. The molecule has 0 unspecified atom stereocenters. The Morgan fingerprint density at radius 1 is 0.773 bits per heavy atom. The van der Waals surface area contributed by atoms with Crippen LogP contribution in [0, 0.1) is 24.7 Å². The van der Waals surface area contributed by atoms with Gasteiger partial charge in [0.1, 0.15) is 5.75 Å². The van der Waals surface area contributed by atoms with Crippen molar-refractivity contribution < 1.29 is 23.9 Å². The summed E-state index contributed by atoms with van der Waals surface area (Å²) in [5.41, 5.74) is 6.31. The van der Waals surface area contributed by atoms with Crippen LogP contribution in [0.1, 0.15) is 46.1 Å². The van der Waals surface area contributed by atoms with Crippen LogP contribution in [0.5, 0.6) is 5.75 Å². The van der Waals surface area contributed by atoms with Gasteiger partial charge in [-0.05, 0) is 77.2 Å². The fraction of sp³-hybridized carbons (Fsp3) is 0.222. The first-order valence-corrected chi connectivity index (χ1v) is 15.1. The number of halogens is 1. The molecular formula is C36H27ClN2O5. The Bertz CT molecular complexity index is 1790. The van der Waals surface area contributed by atoms with Crippen LogP contribution in [-0.4, -0.2) is 30.2 Å². The van der Waals surface area contributed by atoms with Crippen molar-refractivity contribution in [2.24, 2.45) is 17.8 Å². The molecular weight excluding hydrogens is 576 g/mol. The third-order valence-corrected chi connectivity index (χ3v) is 9.92. The quantitative estimate of drug-likeness (QED) is 0.162. The third-order valence-electron chi connectivity index (χ3n) is 9.67. The summed E-state index contributed by atoms with van der Waals surface area (Å²) < 4.78 is 5.70. The second-order valence-electron chi connectivity index (χ2n) is 12.0. The van der Waals surface area contributed by atoms with Gasteiger partial charge in [-0.3, -0.25) is 19.2 Å². The summed E-state index contributed by atoms with van der Waals surface area (Å²) in [5, 5.41) is 0.564. The number of carbonyl (C=O) groups is 4. The molecule has 3 amide bonds. The van der Waals surface area contributed by atoms with E-state index in [2.05, 4.69) is 24.3 Å². The van der Waals surface area contributed by atoms with Crippen LogP contribution < -0.4 is 14.5 Å². The summed E-state index contributed by atoms with van der Waals surface area (Å²) in [6, 6.07) is 28.2. The number of imide groups is 1. The molecule has 2 heterocycles. The van der Waals surface area contributed by atoms with Gasteiger partial charge < -0.3 is 9.64 Å². The topological polar surface area (TPSA) is 84.0 Å². The van der Waals surface area contributed by atoms with E-state index in [-0.39, 0.29) is 42.5 Å². The van der Waals surface area contributed by atoms with Crippen LogP contribution in [-0.2, 0) is 19.2 Å². The number of aryl methyl sites for hydroxylation is 1. The fourth-order valence-electron chi connectivity index (χ4n) is 7.79. The molecule has 2 bridgehead atoms. The number of nitrogens with zero attached hydrogens (tertiary/aromatic N) is 2. The zero-order chi connectivity index (χ0) is 30.3. The normalized spacial score (nSPS) is 24.8. The van der Waals surface area contributed by atoms with Gasteiger partial charge in [0.25, 0.3) is 0 Å². The van der Waals surface area contributed by atoms with E-state index >= 15 is 0 Å². The van der Waals surface area contributed by atoms with E-state index in [9.17, 15) is 19.2 Å². The Balaban J connectivity index is 1.04. The van der Waals surface area contributed by atoms with Gasteiger partial charge in [-0.1, -0.05) is 60.1 Å². The lowest BCUT2D eigenvalue weighted by atomic mass is 9.55. The molecule has 0 aromatic heterocycles. The predicted molar refractivity (Wildman–Crippen MR) is 165 cm³/mol. The number of ether oxygens (including phenoxy) is 1. The number of anilines is 2. The minimum absolute atomic E-state index is 0.0468. The number of hydrogen-bond acceptors (Lipinski definition) is 5. The number of amides is 3. The Morgan fingerprint density at radius 3 is 1.84 bits per heavy atom. The molecule has 3 atom stereocenters. The van der Waals surface area contributed by atoms with Gasteiger partial charge in [0, 0.05) is 35.5 Å². The standard InChI is InChI=1S/C36H27ClN2O5/c1-19-16-23(44-36(43)20-17-29(40)38(18-20)22-12-10-21(37)11-13-22)14-15-28(19)39-34(41)32-30-24-6-2-3-7-25(24)31(33(32)35(39)42)27-9-5-4-8-26(27)30/h2-16,20,30-33H,17-18H2,1H3/t20-,30?,31?,32-,33+/m0/s1. The van der Waals surface area contributed by atoms with Crippen molar-refractivity contribution >= 4 is 46.7 Å². The average molecular weight is 603 g/mol. The smallest absolute Gasteiger partial charge is 0.316 e. The highest BCUT2D eigenvalue weighted by molar-refractivity contribution is 6.30. The minimum Gasteiger partial charge on any atom is -0.426 e. The molecule has 4 aromatic rings. The molecule has 4 aromatic carbocycles. The first kappa shape index (κ1) is 26.8. The summed E-state index contributed by atoms with van der Waals surface area (Å²) in [6.07, 6.45) is 0.0468. The largest absolute Gasteiger partial charge is 0.426 e. The second kappa shape index (κ2) is 9.89. The highest BCUT2D eigenvalue weighted by atomic mass is 35.5. The minimum atomic E-state index is -0.623. The molecule has 2 saturated heterocycles. The SMILES string of the molecule is Cc1cc(OC(=O)[C@H]2CC(=O)N(c3ccc(Cl)cc3)C2)ccc1N1C(=O)[C@@H]2C3c4ccccc4C(c4ccccc43)[C@@H]2C1=O. The molecule has 218 valence electrons. The molecule has 8 heteroatoms. The number of benzene rings is 4. The van der Waals surface area contributed by atoms with Crippen LogP contribution in [0.2, 0.25) is 5.02 Å². The number of rotatable bonds is 4. The number of carbonyl (C=O) groups excluding carboxylic acids is 4. The van der Waals surface area contributed by atoms with Crippen LogP contribution in [0.25, 0.3) is 0 Å². The van der Waals surface area contributed by atoms with E-state index in [4.69, 9.17) is 16.3 Å². The van der Waals surface area contributed by atoms with Crippen LogP contribution >= 0.6 is 11.6 Å². The molecule has 9 rings (SSSR count). The maximum Gasteiger partial charge on any atom is 0.316 e. The molecule has 3 aliphatic carbocycles. The lowest BCUT2D eigenvalue weighted by Crippen LogP contribution is -2.41. The van der Waals surface area contributed by atoms with Crippen LogP contribution in [0.4, 0.5) is 11.4 Å². The van der Waals surface area contributed by atoms with Gasteiger partial charge in [0.15, 0.2) is 0 Å². The van der Waals surface area contributed by atoms with E-state index < -0.39 is 23.7 Å². The van der Waals surface area contributed by atoms with E-state index in [0.29, 0.717) is 27.7 Å². The maximum atomic E-state index is 14.1. The highest BCUT2D eigenvalue weighted by Crippen LogP contribution is 2.61. The van der Waals surface area contributed by atoms with Crippen molar-refractivity contribution in [1.82, 2.24) is 0 Å². The summed E-state index contributed by atoms with van der Waals surface area (Å²) in [4.78, 5) is 56.9. The fourth-order valence-corrected chi connectivity index (χ4v) is 7.92. The Kier molecular flexibility index (Phi) is 6.04. The molecule has 2 fully saturated rings. The Labute approximate surface area is 259 Å². The van der Waals surface area contributed by atoms with Crippen LogP contribution in [0.3, 0.4) is 0 Å². The zero-order valence-electron chi connectivity index (χ0n) is 23.8. The molecule has 0 saturated carbocycles. The molecule has 44 heavy (non-hydrogen) atoms. The second-order valence-corrected chi connectivity index (χ2v) is 12.5. The molecule has 2 aliphatic heterocycles. The highest BCUT2D eigenvalue weighted by Gasteiger charge is 2.61. The number of esters is 1. The predicted octanol–water partition coefficient (Wildman–Crippen LogP) is 6.00. The molecule has 0 radical (unpaired) electrons. The van der Waals surface area contributed by atoms with Gasteiger partial charge in [-0.25, -0.2) is 4.90 Å². The van der Waals surface area contributed by atoms with Crippen molar-refractivity contribution in [1.29, 1.82) is 0 Å². The van der Waals surface area contributed by atoms with Crippen molar-refractivity contribution in [3.8, 4) is 5.75 Å². The van der Waals surface area contributed by atoms with Gasteiger partial charge in [-0.15, -0.1) is 0 Å². The van der Waals surface area contributed by atoms with Crippen LogP contribution in [0.15, 0.2) is 91.0 Å². The van der Waals surface area contributed by atoms with E-state index in [1.165, 1.54) is 4.90 Å². The lowest BCUT2D eigenvalue weighted by Gasteiger charge is -2.45. The number of hydrogen-bond donors (Lipinski definition) is 0. The van der Waals surface area contributed by atoms with Gasteiger partial charge >= 0.3 is 5.97 Å². The monoisotopic (exact) mass is 602 g/mol. The Morgan fingerprint density at radius 2 is 1.32 bits per heavy atom. The molecule has 7 nitrogen and oxygen atoms in total. The molecule has 5 aliphatic rings. The first-order valence-electron chi connectivity index (χ1n) is 14.8. The first-order chi connectivity index (χ1) is 21.3. The summed E-state index contributed by atoms with van der Waals surface area (Å²) in [7, 11) is 0. The summed E-state index contributed by atoms with van der Waals surface area (Å²) >= 11 is 5.97. The van der Waals surface area contributed by atoms with E-state index in [1.807, 2.05) is 24.3 Å². The van der Waals surface area contributed by atoms with Crippen molar-refractivity contribution in [3.63, 3.8) is 0 Å². The molecule has 0 N–H and O–H groups in total. The zero-order valence-corrected chi connectivity index (χ0v) is 24.5. The third kappa shape index (κ3) is 3.88. The van der Waals surface area contributed by atoms with E-state index in [1.54, 1.807) is 54.3 Å². The van der Waals surface area contributed by atoms with E-state index in [0.717, 1.165) is 22.3 Å². The maximum absolute atomic E-state index is 14.1. The van der Waals surface area contributed by atoms with Gasteiger partial charge in [0.2, 0.25) is 17.7 Å². The van der Waals surface area contributed by atoms with Crippen molar-refractivity contribution in [3.05, 3.63) is 124 Å². The van der Waals surface area contributed by atoms with Crippen molar-refractivity contribution in [2.45, 2.75) is 25.2 Å². The lowest BCUT2D eigenvalue weighted by molar-refractivity contribution is -0.139. The average Bonchev–Trinajstić information content (AvgIpc) is 3.55. The summed E-state index contributed by atoms with van der Waals surface area (Å²) in [5.74, 6) is -2.69. The molecule has 0 spiro atoms. The van der Waals surface area contributed by atoms with Gasteiger partial charge in [0.05, 0.1) is 23.4 Å². The Hall–Kier alpha value is -4.75.